The van der Waals surface area contributed by atoms with E-state index in [1.54, 1.807) is 18.2 Å². The SMILES string of the molecule is CC(=O)Cc1ccc2c(c1)C(=O)C(=O)N2. The summed E-state index contributed by atoms with van der Waals surface area (Å²) in [5.41, 5.74) is 1.64. The second-order valence-corrected chi connectivity index (χ2v) is 3.54. The zero-order valence-corrected chi connectivity index (χ0v) is 8.16. The van der Waals surface area contributed by atoms with Crippen molar-refractivity contribution in [1.82, 2.24) is 0 Å². The Morgan fingerprint density at radius 2 is 2.07 bits per heavy atom. The third kappa shape index (κ3) is 1.66. The zero-order chi connectivity index (χ0) is 11.0. The smallest absolute Gasteiger partial charge is 0.296 e. The Hall–Kier alpha value is -1.97. The highest BCUT2D eigenvalue weighted by Crippen LogP contribution is 2.24. The zero-order valence-electron chi connectivity index (χ0n) is 8.16. The van der Waals surface area contributed by atoms with Crippen molar-refractivity contribution < 1.29 is 14.4 Å². The summed E-state index contributed by atoms with van der Waals surface area (Å²) in [6.07, 6.45) is 0.286. The van der Waals surface area contributed by atoms with Crippen molar-refractivity contribution >= 4 is 23.2 Å². The van der Waals surface area contributed by atoms with Gasteiger partial charge in [0.1, 0.15) is 5.78 Å². The summed E-state index contributed by atoms with van der Waals surface area (Å²) < 4.78 is 0. The minimum atomic E-state index is -0.607. The molecule has 0 bridgehead atoms. The van der Waals surface area contributed by atoms with Gasteiger partial charge in [0.05, 0.1) is 11.3 Å². The molecule has 1 amide bonds. The molecule has 0 unspecified atom stereocenters. The van der Waals surface area contributed by atoms with Crippen LogP contribution in [0, 0.1) is 0 Å². The van der Waals surface area contributed by atoms with Crippen LogP contribution in [0.15, 0.2) is 18.2 Å². The number of carbonyl (C=O) groups excluding carboxylic acids is 3. The monoisotopic (exact) mass is 203 g/mol. The van der Waals surface area contributed by atoms with Crippen molar-refractivity contribution in [2.45, 2.75) is 13.3 Å². The Bertz CT molecular complexity index is 477. The highest BCUT2D eigenvalue weighted by molar-refractivity contribution is 6.51. The highest BCUT2D eigenvalue weighted by Gasteiger charge is 2.27. The molecule has 0 aromatic heterocycles. The van der Waals surface area contributed by atoms with E-state index >= 15 is 0 Å². The molecule has 4 nitrogen and oxygen atoms in total. The first-order valence-corrected chi connectivity index (χ1v) is 4.56. The van der Waals surface area contributed by atoms with Gasteiger partial charge in [-0.1, -0.05) is 6.07 Å². The van der Waals surface area contributed by atoms with Gasteiger partial charge in [-0.2, -0.15) is 0 Å². The fraction of sp³-hybridized carbons (Fsp3) is 0.182. The Morgan fingerprint density at radius 3 is 2.73 bits per heavy atom. The normalized spacial score (nSPS) is 13.7. The van der Waals surface area contributed by atoms with Crippen molar-refractivity contribution in [2.24, 2.45) is 0 Å². The number of rotatable bonds is 2. The number of carbonyl (C=O) groups is 3. The molecular formula is C11H9NO3. The van der Waals surface area contributed by atoms with Crippen LogP contribution in [0.5, 0.6) is 0 Å². The van der Waals surface area contributed by atoms with E-state index in [0.717, 1.165) is 5.56 Å². The van der Waals surface area contributed by atoms with Crippen molar-refractivity contribution in [3.8, 4) is 0 Å². The van der Waals surface area contributed by atoms with Gasteiger partial charge in [-0.3, -0.25) is 14.4 Å². The molecule has 4 heteroatoms. The maximum atomic E-state index is 11.3. The van der Waals surface area contributed by atoms with Crippen LogP contribution in [0.2, 0.25) is 0 Å². The van der Waals surface area contributed by atoms with E-state index in [-0.39, 0.29) is 12.2 Å². The van der Waals surface area contributed by atoms with Crippen LogP contribution in [-0.4, -0.2) is 17.5 Å². The Balaban J connectivity index is 2.39. The van der Waals surface area contributed by atoms with Crippen LogP contribution in [0.1, 0.15) is 22.8 Å². The number of ketones is 2. The number of anilines is 1. The van der Waals surface area contributed by atoms with E-state index in [9.17, 15) is 14.4 Å². The molecule has 1 N–H and O–H groups in total. The molecule has 0 saturated heterocycles. The third-order valence-electron chi connectivity index (χ3n) is 2.24. The molecule has 0 fully saturated rings. The summed E-state index contributed by atoms with van der Waals surface area (Å²) in [6, 6.07) is 4.98. The Labute approximate surface area is 86.3 Å². The molecule has 1 aliphatic rings. The molecule has 0 atom stereocenters. The predicted octanol–water partition coefficient (Wildman–Crippen LogP) is 0.953. The van der Waals surface area contributed by atoms with Gasteiger partial charge in [0, 0.05) is 6.42 Å². The van der Waals surface area contributed by atoms with Gasteiger partial charge < -0.3 is 5.32 Å². The van der Waals surface area contributed by atoms with E-state index in [2.05, 4.69) is 5.32 Å². The van der Waals surface area contributed by atoms with Gasteiger partial charge in [0.2, 0.25) is 0 Å². The van der Waals surface area contributed by atoms with Crippen LogP contribution in [0.3, 0.4) is 0 Å². The Kier molecular flexibility index (Phi) is 2.11. The maximum Gasteiger partial charge on any atom is 0.296 e. The number of nitrogens with one attached hydrogen (secondary N) is 1. The van der Waals surface area contributed by atoms with Crippen LogP contribution in [-0.2, 0) is 16.0 Å². The summed E-state index contributed by atoms with van der Waals surface area (Å²) in [5, 5.41) is 2.45. The molecular weight excluding hydrogens is 194 g/mol. The molecule has 0 spiro atoms. The molecule has 1 aromatic carbocycles. The lowest BCUT2D eigenvalue weighted by Gasteiger charge is -2.00. The molecule has 1 heterocycles. The number of amides is 1. The molecule has 2 rings (SSSR count). The van der Waals surface area contributed by atoms with E-state index in [0.29, 0.717) is 11.3 Å². The van der Waals surface area contributed by atoms with Gasteiger partial charge in [-0.05, 0) is 24.6 Å². The standard InChI is InChI=1S/C11H9NO3/c1-6(13)4-7-2-3-9-8(5-7)10(14)11(15)12-9/h2-3,5H,4H2,1H3,(H,12,14,15). The fourth-order valence-electron chi connectivity index (χ4n) is 1.59. The van der Waals surface area contributed by atoms with Gasteiger partial charge in [0.15, 0.2) is 0 Å². The average Bonchev–Trinajstić information content (AvgIpc) is 2.43. The first-order valence-electron chi connectivity index (χ1n) is 4.56. The lowest BCUT2D eigenvalue weighted by molar-refractivity contribution is -0.116. The number of Topliss-reactive ketones (excluding diaryl/α,β-unsaturated/α-hetero) is 2. The number of benzene rings is 1. The maximum absolute atomic E-state index is 11.3. The van der Waals surface area contributed by atoms with Gasteiger partial charge in [-0.25, -0.2) is 0 Å². The lowest BCUT2D eigenvalue weighted by Crippen LogP contribution is -2.12. The largest absolute Gasteiger partial charge is 0.318 e. The first-order chi connectivity index (χ1) is 7.08. The lowest BCUT2D eigenvalue weighted by atomic mass is 10.0. The minimum absolute atomic E-state index is 0.0275. The molecule has 1 aliphatic heterocycles. The van der Waals surface area contributed by atoms with E-state index < -0.39 is 11.7 Å². The summed E-state index contributed by atoms with van der Waals surface area (Å²) in [4.78, 5) is 33.3. The highest BCUT2D eigenvalue weighted by atomic mass is 16.2. The molecule has 0 aliphatic carbocycles. The van der Waals surface area contributed by atoms with Gasteiger partial charge in [0.25, 0.3) is 11.7 Å². The van der Waals surface area contributed by atoms with Crippen LogP contribution in [0.4, 0.5) is 5.69 Å². The van der Waals surface area contributed by atoms with Crippen LogP contribution < -0.4 is 5.32 Å². The van der Waals surface area contributed by atoms with E-state index in [1.807, 2.05) is 0 Å². The van der Waals surface area contributed by atoms with Crippen LogP contribution >= 0.6 is 0 Å². The molecule has 1 aromatic rings. The summed E-state index contributed by atoms with van der Waals surface area (Å²) in [6.45, 7) is 1.48. The second-order valence-electron chi connectivity index (χ2n) is 3.54. The topological polar surface area (TPSA) is 63.2 Å². The van der Waals surface area contributed by atoms with Crippen molar-refractivity contribution in [2.75, 3.05) is 5.32 Å². The van der Waals surface area contributed by atoms with Gasteiger partial charge >= 0.3 is 0 Å². The number of hydrogen-bond donors (Lipinski definition) is 1. The van der Waals surface area contributed by atoms with E-state index in [4.69, 9.17) is 0 Å². The van der Waals surface area contributed by atoms with Crippen molar-refractivity contribution in [3.05, 3.63) is 29.3 Å². The molecule has 76 valence electrons. The first kappa shape index (κ1) is 9.58. The molecule has 15 heavy (non-hydrogen) atoms. The molecule has 0 saturated carbocycles. The van der Waals surface area contributed by atoms with Crippen LogP contribution in [0.25, 0.3) is 0 Å². The Morgan fingerprint density at radius 1 is 1.33 bits per heavy atom. The minimum Gasteiger partial charge on any atom is -0.318 e. The summed E-state index contributed by atoms with van der Waals surface area (Å²) in [5.74, 6) is -1.11. The van der Waals surface area contributed by atoms with Crippen molar-refractivity contribution in [1.29, 1.82) is 0 Å². The summed E-state index contributed by atoms with van der Waals surface area (Å²) in [7, 11) is 0. The van der Waals surface area contributed by atoms with Crippen molar-refractivity contribution in [3.63, 3.8) is 0 Å². The van der Waals surface area contributed by atoms with Gasteiger partial charge in [-0.15, -0.1) is 0 Å². The fourth-order valence-corrected chi connectivity index (χ4v) is 1.59. The quantitative estimate of drug-likeness (QED) is 0.728. The predicted molar refractivity (Wildman–Crippen MR) is 53.8 cm³/mol. The number of hydrogen-bond acceptors (Lipinski definition) is 3. The number of fused-ring (bicyclic) bond motifs is 1. The van der Waals surface area contributed by atoms with E-state index in [1.165, 1.54) is 6.92 Å². The third-order valence-corrected chi connectivity index (χ3v) is 2.24. The summed E-state index contributed by atoms with van der Waals surface area (Å²) >= 11 is 0. The average molecular weight is 203 g/mol. The molecule has 0 radical (unpaired) electrons. The second kappa shape index (κ2) is 3.31.